The van der Waals surface area contributed by atoms with Crippen molar-refractivity contribution in [3.63, 3.8) is 0 Å². The summed E-state index contributed by atoms with van der Waals surface area (Å²) in [6, 6.07) is 21.0. The molecule has 0 bridgehead atoms. The van der Waals surface area contributed by atoms with E-state index in [1.54, 1.807) is 0 Å². The SMILES string of the molecule is Cc1cc2c(cc1-c1cc(-c3ccccc3)ccc1O)C(C)(C)CCC2(C)C. The summed E-state index contributed by atoms with van der Waals surface area (Å²) in [5.41, 5.74) is 8.82. The Morgan fingerprint density at radius 1 is 0.679 bits per heavy atom. The van der Waals surface area contributed by atoms with Crippen molar-refractivity contribution in [3.05, 3.63) is 77.4 Å². The smallest absolute Gasteiger partial charge is 0.123 e. The minimum absolute atomic E-state index is 0.153. The molecule has 1 heteroatoms. The fraction of sp³-hybridized carbons (Fsp3) is 0.333. The predicted molar refractivity (Wildman–Crippen MR) is 119 cm³/mol. The lowest BCUT2D eigenvalue weighted by Gasteiger charge is -2.42. The van der Waals surface area contributed by atoms with E-state index < -0.39 is 0 Å². The molecule has 0 heterocycles. The Labute approximate surface area is 169 Å². The minimum atomic E-state index is 0.153. The van der Waals surface area contributed by atoms with Crippen LogP contribution < -0.4 is 0 Å². The van der Waals surface area contributed by atoms with Gasteiger partial charge >= 0.3 is 0 Å². The van der Waals surface area contributed by atoms with Crippen LogP contribution in [0.25, 0.3) is 22.3 Å². The molecule has 28 heavy (non-hydrogen) atoms. The van der Waals surface area contributed by atoms with E-state index in [-0.39, 0.29) is 10.8 Å². The zero-order chi connectivity index (χ0) is 20.1. The number of aromatic hydroxyl groups is 1. The molecule has 0 saturated carbocycles. The third-order valence-electron chi connectivity index (χ3n) is 6.59. The van der Waals surface area contributed by atoms with Crippen molar-refractivity contribution in [2.45, 2.75) is 58.3 Å². The van der Waals surface area contributed by atoms with E-state index in [1.807, 2.05) is 18.2 Å². The number of hydrogen-bond donors (Lipinski definition) is 1. The molecule has 0 aliphatic heterocycles. The summed E-state index contributed by atoms with van der Waals surface area (Å²) in [4.78, 5) is 0. The number of rotatable bonds is 2. The van der Waals surface area contributed by atoms with Crippen molar-refractivity contribution in [1.29, 1.82) is 0 Å². The lowest BCUT2D eigenvalue weighted by atomic mass is 9.62. The number of aryl methyl sites for hydroxylation is 1. The highest BCUT2D eigenvalue weighted by Crippen LogP contribution is 2.48. The van der Waals surface area contributed by atoms with Crippen LogP contribution in [0.3, 0.4) is 0 Å². The molecule has 1 N–H and O–H groups in total. The standard InChI is InChI=1S/C27H30O/c1-18-15-23-24(27(4,5)14-13-26(23,2)3)17-21(18)22-16-20(11-12-25(22)28)19-9-7-6-8-10-19/h6-12,15-17,28H,13-14H2,1-5H3. The van der Waals surface area contributed by atoms with Crippen LogP contribution in [0.5, 0.6) is 5.75 Å². The van der Waals surface area contributed by atoms with Gasteiger partial charge in [-0.3, -0.25) is 0 Å². The molecule has 3 aromatic rings. The van der Waals surface area contributed by atoms with Gasteiger partial charge in [-0.05, 0) is 82.2 Å². The first-order valence-corrected chi connectivity index (χ1v) is 10.2. The van der Waals surface area contributed by atoms with Crippen LogP contribution in [0.4, 0.5) is 0 Å². The summed E-state index contributed by atoms with van der Waals surface area (Å²) in [7, 11) is 0. The molecule has 144 valence electrons. The summed E-state index contributed by atoms with van der Waals surface area (Å²) in [5, 5.41) is 10.7. The van der Waals surface area contributed by atoms with Crippen molar-refractivity contribution in [1.82, 2.24) is 0 Å². The van der Waals surface area contributed by atoms with Gasteiger partial charge in [0.05, 0.1) is 0 Å². The Bertz CT molecular complexity index is 1030. The van der Waals surface area contributed by atoms with Crippen molar-refractivity contribution < 1.29 is 5.11 Å². The topological polar surface area (TPSA) is 20.2 Å². The molecule has 0 atom stereocenters. The van der Waals surface area contributed by atoms with E-state index >= 15 is 0 Å². The number of fused-ring (bicyclic) bond motifs is 1. The lowest BCUT2D eigenvalue weighted by Crippen LogP contribution is -2.34. The van der Waals surface area contributed by atoms with Gasteiger partial charge in [-0.2, -0.15) is 0 Å². The largest absolute Gasteiger partial charge is 0.507 e. The van der Waals surface area contributed by atoms with Crippen LogP contribution in [0.15, 0.2) is 60.7 Å². The van der Waals surface area contributed by atoms with Gasteiger partial charge < -0.3 is 5.11 Å². The molecule has 1 aliphatic carbocycles. The van der Waals surface area contributed by atoms with Crippen molar-refractivity contribution in [2.24, 2.45) is 0 Å². The Balaban J connectivity index is 1.91. The first-order chi connectivity index (χ1) is 13.2. The maximum absolute atomic E-state index is 10.7. The molecule has 0 radical (unpaired) electrons. The quantitative estimate of drug-likeness (QED) is 0.499. The number of hydrogen-bond acceptors (Lipinski definition) is 1. The highest BCUT2D eigenvalue weighted by molar-refractivity contribution is 5.80. The molecule has 1 nitrogen and oxygen atoms in total. The van der Waals surface area contributed by atoms with E-state index in [2.05, 4.69) is 77.1 Å². The van der Waals surface area contributed by atoms with Crippen molar-refractivity contribution in [3.8, 4) is 28.0 Å². The summed E-state index contributed by atoms with van der Waals surface area (Å²) in [6.07, 6.45) is 2.39. The summed E-state index contributed by atoms with van der Waals surface area (Å²) in [6.45, 7) is 11.6. The van der Waals surface area contributed by atoms with Crippen LogP contribution >= 0.6 is 0 Å². The average Bonchev–Trinajstić information content (AvgIpc) is 2.67. The predicted octanol–water partition coefficient (Wildman–Crippen LogP) is 7.38. The zero-order valence-electron chi connectivity index (χ0n) is 17.6. The maximum Gasteiger partial charge on any atom is 0.123 e. The van der Waals surface area contributed by atoms with Crippen LogP contribution in [0, 0.1) is 6.92 Å². The van der Waals surface area contributed by atoms with E-state index in [4.69, 9.17) is 0 Å². The molecule has 0 spiro atoms. The van der Waals surface area contributed by atoms with Gasteiger partial charge in [-0.15, -0.1) is 0 Å². The second-order valence-electron chi connectivity index (χ2n) is 9.58. The third kappa shape index (κ3) is 3.13. The van der Waals surface area contributed by atoms with E-state index in [9.17, 15) is 5.11 Å². The molecule has 0 saturated heterocycles. The summed E-state index contributed by atoms with van der Waals surface area (Å²) < 4.78 is 0. The van der Waals surface area contributed by atoms with E-state index in [1.165, 1.54) is 35.1 Å². The number of benzene rings is 3. The molecule has 0 fully saturated rings. The number of phenolic OH excluding ortho intramolecular Hbond substituents is 1. The molecule has 0 unspecified atom stereocenters. The van der Waals surface area contributed by atoms with Crippen LogP contribution in [-0.2, 0) is 10.8 Å². The summed E-state index contributed by atoms with van der Waals surface area (Å²) in [5.74, 6) is 0.343. The molecule has 3 aromatic carbocycles. The van der Waals surface area contributed by atoms with E-state index in [0.29, 0.717) is 5.75 Å². The Kier molecular flexibility index (Phi) is 4.38. The average molecular weight is 371 g/mol. The van der Waals surface area contributed by atoms with Crippen molar-refractivity contribution in [2.75, 3.05) is 0 Å². The van der Waals surface area contributed by atoms with E-state index in [0.717, 1.165) is 16.7 Å². The first-order valence-electron chi connectivity index (χ1n) is 10.2. The highest BCUT2D eigenvalue weighted by Gasteiger charge is 2.37. The normalized spacial score (nSPS) is 17.2. The van der Waals surface area contributed by atoms with Crippen LogP contribution in [0.1, 0.15) is 57.2 Å². The van der Waals surface area contributed by atoms with Gasteiger partial charge in [0.15, 0.2) is 0 Å². The Morgan fingerprint density at radius 2 is 1.29 bits per heavy atom. The second-order valence-corrected chi connectivity index (χ2v) is 9.58. The molecule has 4 rings (SSSR count). The maximum atomic E-state index is 10.7. The Hall–Kier alpha value is -2.54. The molecular formula is C27H30O. The second kappa shape index (κ2) is 6.51. The van der Waals surface area contributed by atoms with Crippen LogP contribution in [-0.4, -0.2) is 5.11 Å². The number of phenols is 1. The Morgan fingerprint density at radius 3 is 1.93 bits per heavy atom. The van der Waals surface area contributed by atoms with Crippen molar-refractivity contribution >= 4 is 0 Å². The van der Waals surface area contributed by atoms with Gasteiger partial charge in [0.25, 0.3) is 0 Å². The molecule has 0 aromatic heterocycles. The zero-order valence-corrected chi connectivity index (χ0v) is 17.6. The van der Waals surface area contributed by atoms with Crippen LogP contribution in [0.2, 0.25) is 0 Å². The fourth-order valence-electron chi connectivity index (χ4n) is 4.57. The third-order valence-corrected chi connectivity index (χ3v) is 6.59. The minimum Gasteiger partial charge on any atom is -0.507 e. The van der Waals surface area contributed by atoms with Gasteiger partial charge in [-0.25, -0.2) is 0 Å². The van der Waals surface area contributed by atoms with Gasteiger partial charge in [0.1, 0.15) is 5.75 Å². The highest BCUT2D eigenvalue weighted by atomic mass is 16.3. The first kappa shape index (κ1) is 18.8. The molecule has 0 amide bonds. The summed E-state index contributed by atoms with van der Waals surface area (Å²) >= 11 is 0. The van der Waals surface area contributed by atoms with Gasteiger partial charge in [0, 0.05) is 5.56 Å². The fourth-order valence-corrected chi connectivity index (χ4v) is 4.57. The van der Waals surface area contributed by atoms with Gasteiger partial charge in [-0.1, -0.05) is 70.2 Å². The molecule has 1 aliphatic rings. The van der Waals surface area contributed by atoms with Gasteiger partial charge in [0.2, 0.25) is 0 Å². The monoisotopic (exact) mass is 370 g/mol. The lowest BCUT2D eigenvalue weighted by molar-refractivity contribution is 0.332. The molecular weight excluding hydrogens is 340 g/mol.